The van der Waals surface area contributed by atoms with Gasteiger partial charge in [-0.25, -0.2) is 4.79 Å². The normalized spacial score (nSPS) is 20.5. The molecule has 144 valence electrons. The lowest BCUT2D eigenvalue weighted by Crippen LogP contribution is -2.59. The quantitative estimate of drug-likeness (QED) is 0.899. The van der Waals surface area contributed by atoms with Gasteiger partial charge in [-0.2, -0.15) is 0 Å². The SMILES string of the molecule is Cc1cc(C2CN(C(=O)OC(C)(C)C)C2)cc(C)c1CN1CC(C)(O)C1. The summed E-state index contributed by atoms with van der Waals surface area (Å²) in [5.41, 5.74) is 4.27. The summed E-state index contributed by atoms with van der Waals surface area (Å²) in [5.74, 6) is 0.388. The minimum absolute atomic E-state index is 0.219. The molecule has 1 amide bonds. The number of hydrogen-bond acceptors (Lipinski definition) is 4. The molecule has 2 saturated heterocycles. The van der Waals surface area contributed by atoms with E-state index in [0.717, 1.165) is 32.7 Å². The molecular weight excluding hydrogens is 328 g/mol. The van der Waals surface area contributed by atoms with Crippen LogP contribution in [0.1, 0.15) is 55.9 Å². The molecule has 0 aliphatic carbocycles. The fraction of sp³-hybridized carbons (Fsp3) is 0.667. The number of carbonyl (C=O) groups excluding carboxylic acids is 1. The van der Waals surface area contributed by atoms with Crippen LogP contribution in [0.15, 0.2) is 12.1 Å². The van der Waals surface area contributed by atoms with Crippen LogP contribution in [0, 0.1) is 13.8 Å². The summed E-state index contributed by atoms with van der Waals surface area (Å²) < 4.78 is 5.43. The van der Waals surface area contributed by atoms with Crippen molar-refractivity contribution in [3.63, 3.8) is 0 Å². The van der Waals surface area contributed by atoms with Crippen molar-refractivity contribution in [2.45, 2.75) is 65.2 Å². The zero-order chi connectivity index (χ0) is 19.3. The lowest BCUT2D eigenvalue weighted by molar-refractivity contribution is -0.0872. The molecule has 0 aromatic heterocycles. The van der Waals surface area contributed by atoms with Crippen LogP contribution < -0.4 is 0 Å². The first-order valence-electron chi connectivity index (χ1n) is 9.46. The molecule has 0 atom stereocenters. The number of benzene rings is 1. The molecule has 2 aliphatic heterocycles. The van der Waals surface area contributed by atoms with E-state index in [1.54, 1.807) is 4.90 Å². The zero-order valence-electron chi connectivity index (χ0n) is 16.9. The summed E-state index contributed by atoms with van der Waals surface area (Å²) >= 11 is 0. The van der Waals surface area contributed by atoms with E-state index in [9.17, 15) is 9.90 Å². The van der Waals surface area contributed by atoms with Crippen LogP contribution in [0.3, 0.4) is 0 Å². The van der Waals surface area contributed by atoms with Crippen LogP contribution in [-0.4, -0.2) is 58.4 Å². The second-order valence-corrected chi connectivity index (χ2v) is 9.36. The van der Waals surface area contributed by atoms with E-state index in [1.807, 2.05) is 27.7 Å². The maximum Gasteiger partial charge on any atom is 0.410 e. The van der Waals surface area contributed by atoms with Gasteiger partial charge in [0.05, 0.1) is 5.60 Å². The lowest BCUT2D eigenvalue weighted by Gasteiger charge is -2.44. The smallest absolute Gasteiger partial charge is 0.410 e. The Morgan fingerprint density at radius 1 is 1.23 bits per heavy atom. The topological polar surface area (TPSA) is 53.0 Å². The van der Waals surface area contributed by atoms with Crippen molar-refractivity contribution >= 4 is 6.09 Å². The Morgan fingerprint density at radius 2 is 1.77 bits per heavy atom. The van der Waals surface area contributed by atoms with Crippen LogP contribution >= 0.6 is 0 Å². The summed E-state index contributed by atoms with van der Waals surface area (Å²) in [7, 11) is 0. The third-order valence-corrected chi connectivity index (χ3v) is 5.23. The van der Waals surface area contributed by atoms with Gasteiger partial charge in [0, 0.05) is 38.6 Å². The van der Waals surface area contributed by atoms with Gasteiger partial charge in [0.2, 0.25) is 0 Å². The lowest BCUT2D eigenvalue weighted by atomic mass is 9.87. The first-order valence-corrected chi connectivity index (χ1v) is 9.46. The molecule has 0 saturated carbocycles. The maximum atomic E-state index is 12.1. The van der Waals surface area contributed by atoms with Crippen molar-refractivity contribution in [3.8, 4) is 0 Å². The average Bonchev–Trinajstić information content (AvgIpc) is 2.36. The number of β-amino-alcohol motifs (C(OH)–C–C–N with tert-alkyl or cyclic N) is 1. The van der Waals surface area contributed by atoms with Gasteiger partial charge in [0.1, 0.15) is 5.60 Å². The van der Waals surface area contributed by atoms with Crippen molar-refractivity contribution in [2.24, 2.45) is 0 Å². The van der Waals surface area contributed by atoms with E-state index in [0.29, 0.717) is 5.92 Å². The second-order valence-electron chi connectivity index (χ2n) is 9.36. The van der Waals surface area contributed by atoms with Crippen molar-refractivity contribution in [1.82, 2.24) is 9.80 Å². The Bertz CT molecular complexity index is 669. The summed E-state index contributed by atoms with van der Waals surface area (Å²) in [6.45, 7) is 15.7. The standard InChI is InChI=1S/C21H32N2O3/c1-14-7-16(17-9-23(10-17)19(24)26-20(3,4)5)8-15(2)18(14)11-22-12-21(6,25)13-22/h7-8,17,25H,9-13H2,1-6H3. The third kappa shape index (κ3) is 4.21. The third-order valence-electron chi connectivity index (χ3n) is 5.23. The molecule has 5 nitrogen and oxygen atoms in total. The molecule has 2 heterocycles. The van der Waals surface area contributed by atoms with Crippen LogP contribution in [0.5, 0.6) is 0 Å². The number of ether oxygens (including phenoxy) is 1. The number of nitrogens with zero attached hydrogens (tertiary/aromatic N) is 2. The fourth-order valence-corrected chi connectivity index (χ4v) is 3.93. The molecule has 0 radical (unpaired) electrons. The van der Waals surface area contributed by atoms with Gasteiger partial charge >= 0.3 is 6.09 Å². The number of aliphatic hydroxyl groups is 1. The van der Waals surface area contributed by atoms with Gasteiger partial charge in [-0.05, 0) is 63.8 Å². The minimum Gasteiger partial charge on any atom is -0.444 e. The minimum atomic E-state index is -0.529. The van der Waals surface area contributed by atoms with Crippen molar-refractivity contribution < 1.29 is 14.6 Å². The van der Waals surface area contributed by atoms with Crippen molar-refractivity contribution in [1.29, 1.82) is 0 Å². The van der Waals surface area contributed by atoms with Crippen molar-refractivity contribution in [2.75, 3.05) is 26.2 Å². The Morgan fingerprint density at radius 3 is 2.23 bits per heavy atom. The molecule has 0 unspecified atom stereocenters. The number of carbonyl (C=O) groups is 1. The highest BCUT2D eigenvalue weighted by atomic mass is 16.6. The Hall–Kier alpha value is -1.59. The molecule has 3 rings (SSSR count). The summed E-state index contributed by atoms with van der Waals surface area (Å²) in [4.78, 5) is 16.2. The van der Waals surface area contributed by atoms with E-state index in [2.05, 4.69) is 30.9 Å². The number of amides is 1. The molecule has 26 heavy (non-hydrogen) atoms. The van der Waals surface area contributed by atoms with E-state index < -0.39 is 11.2 Å². The van der Waals surface area contributed by atoms with Gasteiger partial charge in [0.25, 0.3) is 0 Å². The molecule has 0 bridgehead atoms. The van der Waals surface area contributed by atoms with E-state index in [1.165, 1.54) is 22.3 Å². The van der Waals surface area contributed by atoms with Crippen LogP contribution in [-0.2, 0) is 11.3 Å². The second kappa shape index (κ2) is 6.54. The fourth-order valence-electron chi connectivity index (χ4n) is 3.93. The highest BCUT2D eigenvalue weighted by Crippen LogP contribution is 2.32. The monoisotopic (exact) mass is 360 g/mol. The van der Waals surface area contributed by atoms with Gasteiger partial charge in [-0.3, -0.25) is 4.90 Å². The van der Waals surface area contributed by atoms with Crippen LogP contribution in [0.4, 0.5) is 4.79 Å². The highest BCUT2D eigenvalue weighted by molar-refractivity contribution is 5.69. The van der Waals surface area contributed by atoms with Gasteiger partial charge in [0.15, 0.2) is 0 Å². The van der Waals surface area contributed by atoms with Gasteiger partial charge in [-0.1, -0.05) is 12.1 Å². The predicted octanol–water partition coefficient (Wildman–Crippen LogP) is 3.20. The first-order chi connectivity index (χ1) is 11.9. The van der Waals surface area contributed by atoms with E-state index in [4.69, 9.17) is 4.74 Å². The first kappa shape index (κ1) is 19.2. The number of likely N-dealkylation sites (tertiary alicyclic amines) is 2. The molecule has 2 aliphatic rings. The Balaban J connectivity index is 1.60. The molecule has 1 aromatic carbocycles. The van der Waals surface area contributed by atoms with E-state index in [-0.39, 0.29) is 6.09 Å². The molecule has 1 N–H and O–H groups in total. The molecule has 5 heteroatoms. The van der Waals surface area contributed by atoms with Crippen LogP contribution in [0.25, 0.3) is 0 Å². The Labute approximate surface area is 156 Å². The number of hydrogen-bond donors (Lipinski definition) is 1. The van der Waals surface area contributed by atoms with Gasteiger partial charge < -0.3 is 14.7 Å². The summed E-state index contributed by atoms with van der Waals surface area (Å²) in [5, 5.41) is 9.91. The number of aryl methyl sites for hydroxylation is 2. The largest absolute Gasteiger partial charge is 0.444 e. The highest BCUT2D eigenvalue weighted by Gasteiger charge is 2.37. The average molecular weight is 360 g/mol. The molecule has 1 aromatic rings. The zero-order valence-corrected chi connectivity index (χ0v) is 16.9. The molecule has 0 spiro atoms. The van der Waals surface area contributed by atoms with Gasteiger partial charge in [-0.15, -0.1) is 0 Å². The predicted molar refractivity (Wildman–Crippen MR) is 102 cm³/mol. The van der Waals surface area contributed by atoms with Crippen molar-refractivity contribution in [3.05, 3.63) is 34.4 Å². The molecular formula is C21H32N2O3. The number of rotatable bonds is 3. The van der Waals surface area contributed by atoms with Crippen LogP contribution in [0.2, 0.25) is 0 Å². The molecule has 2 fully saturated rings. The summed E-state index contributed by atoms with van der Waals surface area (Å²) in [6.07, 6.45) is -0.219. The Kier molecular flexibility index (Phi) is 4.82. The summed E-state index contributed by atoms with van der Waals surface area (Å²) in [6, 6.07) is 4.52. The van der Waals surface area contributed by atoms with E-state index >= 15 is 0 Å². The maximum absolute atomic E-state index is 12.1.